The molecule has 61 valence electrons. The zero-order chi connectivity index (χ0) is 8.97. The zero-order valence-electron chi connectivity index (χ0n) is 5.94. The van der Waals surface area contributed by atoms with Crippen molar-refractivity contribution in [2.45, 2.75) is 0 Å². The Balaban J connectivity index is 2.91. The molecular formula is C6H5N4O2. The van der Waals surface area contributed by atoms with Gasteiger partial charge in [-0.2, -0.15) is 0 Å². The van der Waals surface area contributed by atoms with Gasteiger partial charge >= 0.3 is 5.91 Å². The standard InChI is InChI=1S/C6H5N4O2/c7-10-6(12)5-8-1-4(3-11)2-9-5/h1-2H,7H2,(H,10,12). The maximum Gasteiger partial charge on any atom is 0.302 e. The molecule has 0 saturated carbocycles. The Kier molecular flexibility index (Phi) is 2.44. The van der Waals surface area contributed by atoms with E-state index in [1.807, 2.05) is 5.43 Å². The van der Waals surface area contributed by atoms with Crippen LogP contribution in [0.1, 0.15) is 16.2 Å². The van der Waals surface area contributed by atoms with Crippen LogP contribution in [0.15, 0.2) is 12.4 Å². The maximum atomic E-state index is 10.8. The van der Waals surface area contributed by atoms with Gasteiger partial charge in [-0.05, 0) is 0 Å². The summed E-state index contributed by atoms with van der Waals surface area (Å²) >= 11 is 0. The lowest BCUT2D eigenvalue weighted by atomic mass is 10.4. The molecule has 1 aromatic heterocycles. The molecule has 0 fully saturated rings. The summed E-state index contributed by atoms with van der Waals surface area (Å²) in [5.41, 5.74) is 2.04. The van der Waals surface area contributed by atoms with Crippen LogP contribution >= 0.6 is 0 Å². The van der Waals surface area contributed by atoms with Crippen LogP contribution in [0.2, 0.25) is 0 Å². The molecule has 1 heterocycles. The lowest BCUT2D eigenvalue weighted by Crippen LogP contribution is -2.31. The molecule has 0 spiro atoms. The van der Waals surface area contributed by atoms with E-state index >= 15 is 0 Å². The van der Waals surface area contributed by atoms with E-state index in [4.69, 9.17) is 5.84 Å². The highest BCUT2D eigenvalue weighted by Gasteiger charge is 2.05. The minimum Gasteiger partial charge on any atom is -0.287 e. The average Bonchev–Trinajstić information content (AvgIpc) is 2.17. The lowest BCUT2D eigenvalue weighted by Gasteiger charge is -1.95. The van der Waals surface area contributed by atoms with Gasteiger partial charge in [-0.1, -0.05) is 0 Å². The summed E-state index contributed by atoms with van der Waals surface area (Å²) < 4.78 is 0. The fraction of sp³-hybridized carbons (Fsp3) is 0. The molecule has 0 aliphatic carbocycles. The third-order valence-electron chi connectivity index (χ3n) is 1.10. The van der Waals surface area contributed by atoms with Gasteiger partial charge in [-0.15, -0.1) is 0 Å². The Morgan fingerprint density at radius 2 is 2.08 bits per heavy atom. The predicted octanol–water partition coefficient (Wildman–Crippen LogP) is -1.46. The second-order valence-electron chi connectivity index (χ2n) is 1.87. The first-order valence-corrected chi connectivity index (χ1v) is 2.99. The Morgan fingerprint density at radius 3 is 2.50 bits per heavy atom. The van der Waals surface area contributed by atoms with Crippen LogP contribution in [0, 0.1) is 0 Å². The summed E-state index contributed by atoms with van der Waals surface area (Å²) in [5.74, 6) is 4.13. The second kappa shape index (κ2) is 3.54. The number of aromatic nitrogens is 2. The quantitative estimate of drug-likeness (QED) is 0.317. The number of hydrazine groups is 1. The van der Waals surface area contributed by atoms with Crippen molar-refractivity contribution in [2.75, 3.05) is 0 Å². The molecule has 3 N–H and O–H groups in total. The highest BCUT2D eigenvalue weighted by atomic mass is 16.2. The van der Waals surface area contributed by atoms with E-state index in [9.17, 15) is 9.59 Å². The van der Waals surface area contributed by atoms with E-state index in [0.717, 1.165) is 0 Å². The first-order chi connectivity index (χ1) is 5.77. The molecule has 12 heavy (non-hydrogen) atoms. The minimum absolute atomic E-state index is 0.0866. The Hall–Kier alpha value is -1.82. The van der Waals surface area contributed by atoms with Gasteiger partial charge in [0.2, 0.25) is 12.1 Å². The van der Waals surface area contributed by atoms with E-state index in [1.54, 1.807) is 6.29 Å². The van der Waals surface area contributed by atoms with Crippen molar-refractivity contribution in [2.24, 2.45) is 5.84 Å². The average molecular weight is 165 g/mol. The fourth-order valence-electron chi connectivity index (χ4n) is 0.563. The second-order valence-corrected chi connectivity index (χ2v) is 1.87. The number of hydrogen-bond acceptors (Lipinski definition) is 5. The summed E-state index contributed by atoms with van der Waals surface area (Å²) in [6.07, 6.45) is 3.94. The summed E-state index contributed by atoms with van der Waals surface area (Å²) in [7, 11) is 0. The number of carbonyl (C=O) groups is 1. The molecule has 0 aromatic carbocycles. The smallest absolute Gasteiger partial charge is 0.287 e. The van der Waals surface area contributed by atoms with E-state index in [2.05, 4.69) is 9.97 Å². The monoisotopic (exact) mass is 165 g/mol. The van der Waals surface area contributed by atoms with Crippen molar-refractivity contribution in [3.63, 3.8) is 0 Å². The normalized spacial score (nSPS) is 9.08. The summed E-state index contributed by atoms with van der Waals surface area (Å²) in [6, 6.07) is 0. The van der Waals surface area contributed by atoms with Crippen molar-refractivity contribution in [3.8, 4) is 0 Å². The molecule has 0 aliphatic heterocycles. The molecule has 1 radical (unpaired) electrons. The van der Waals surface area contributed by atoms with Gasteiger partial charge in [0, 0.05) is 12.4 Å². The Morgan fingerprint density at radius 1 is 1.50 bits per heavy atom. The van der Waals surface area contributed by atoms with Crippen LogP contribution in [0.3, 0.4) is 0 Å². The third kappa shape index (κ3) is 1.61. The number of nitrogens with two attached hydrogens (primary N) is 1. The number of nitrogens with one attached hydrogen (secondary N) is 1. The maximum absolute atomic E-state index is 10.8. The van der Waals surface area contributed by atoms with Crippen LogP contribution in [0.25, 0.3) is 0 Å². The molecule has 6 heteroatoms. The third-order valence-corrected chi connectivity index (χ3v) is 1.10. The summed E-state index contributed by atoms with van der Waals surface area (Å²) in [4.78, 5) is 27.9. The van der Waals surface area contributed by atoms with E-state index in [-0.39, 0.29) is 11.4 Å². The largest absolute Gasteiger partial charge is 0.302 e. The van der Waals surface area contributed by atoms with Gasteiger partial charge in [0.1, 0.15) is 0 Å². The van der Waals surface area contributed by atoms with Crippen molar-refractivity contribution in [3.05, 3.63) is 23.8 Å². The van der Waals surface area contributed by atoms with E-state index in [0.29, 0.717) is 0 Å². The molecule has 1 rings (SSSR count). The number of nitrogen functional groups attached to an aromatic ring is 1. The molecule has 0 atom stereocenters. The molecule has 0 bridgehead atoms. The van der Waals surface area contributed by atoms with Gasteiger partial charge in [0.15, 0.2) is 0 Å². The van der Waals surface area contributed by atoms with Crippen molar-refractivity contribution >= 4 is 12.2 Å². The van der Waals surface area contributed by atoms with Crippen LogP contribution < -0.4 is 11.3 Å². The van der Waals surface area contributed by atoms with E-state index in [1.165, 1.54) is 12.4 Å². The van der Waals surface area contributed by atoms with Gasteiger partial charge < -0.3 is 0 Å². The van der Waals surface area contributed by atoms with Crippen LogP contribution in [-0.4, -0.2) is 22.2 Å². The Bertz CT molecular complexity index is 295. The number of carbonyl (C=O) groups excluding carboxylic acids is 2. The number of amides is 1. The topological polar surface area (TPSA) is 98.0 Å². The predicted molar refractivity (Wildman–Crippen MR) is 38.5 cm³/mol. The van der Waals surface area contributed by atoms with Crippen molar-refractivity contribution in [1.29, 1.82) is 0 Å². The first-order valence-electron chi connectivity index (χ1n) is 2.99. The number of nitrogens with zero attached hydrogens (tertiary/aromatic N) is 2. The highest BCUT2D eigenvalue weighted by Crippen LogP contribution is 1.91. The molecule has 6 nitrogen and oxygen atoms in total. The van der Waals surface area contributed by atoms with Crippen molar-refractivity contribution in [1.82, 2.24) is 15.4 Å². The van der Waals surface area contributed by atoms with Crippen LogP contribution in [0.5, 0.6) is 0 Å². The SMILES string of the molecule is NNC(=O)c1ncc([C]=O)cn1. The number of hydrogen-bond donors (Lipinski definition) is 2. The fourth-order valence-corrected chi connectivity index (χ4v) is 0.563. The van der Waals surface area contributed by atoms with Crippen molar-refractivity contribution < 1.29 is 9.59 Å². The van der Waals surface area contributed by atoms with Gasteiger partial charge in [-0.25, -0.2) is 15.8 Å². The first kappa shape index (κ1) is 8.28. The minimum atomic E-state index is -0.604. The molecule has 1 amide bonds. The number of rotatable bonds is 2. The van der Waals surface area contributed by atoms with Gasteiger partial charge in [0.05, 0.1) is 5.56 Å². The highest BCUT2D eigenvalue weighted by molar-refractivity contribution is 5.90. The van der Waals surface area contributed by atoms with Crippen LogP contribution in [-0.2, 0) is 4.79 Å². The molecule has 0 unspecified atom stereocenters. The zero-order valence-corrected chi connectivity index (χ0v) is 5.94. The molecule has 1 aromatic rings. The summed E-state index contributed by atoms with van der Waals surface area (Å²) in [5, 5.41) is 0. The lowest BCUT2D eigenvalue weighted by molar-refractivity contribution is 0.0943. The van der Waals surface area contributed by atoms with E-state index < -0.39 is 5.91 Å². The molecular weight excluding hydrogens is 160 g/mol. The van der Waals surface area contributed by atoms with Gasteiger partial charge in [0.25, 0.3) is 0 Å². The summed E-state index contributed by atoms with van der Waals surface area (Å²) in [6.45, 7) is 0. The Labute approximate surface area is 67.8 Å². The van der Waals surface area contributed by atoms with Gasteiger partial charge in [-0.3, -0.25) is 15.0 Å². The molecule has 0 aliphatic rings. The molecule has 0 saturated heterocycles. The van der Waals surface area contributed by atoms with Crippen LogP contribution in [0.4, 0.5) is 0 Å².